The Kier molecular flexibility index (Phi) is 6.32. The van der Waals surface area contributed by atoms with Gasteiger partial charge in [0.2, 0.25) is 5.95 Å². The third-order valence-electron chi connectivity index (χ3n) is 7.02. The molecule has 0 atom stereocenters. The largest absolute Gasteiger partial charge is 0.416 e. The lowest BCUT2D eigenvalue weighted by molar-refractivity contribution is -0.137. The first-order chi connectivity index (χ1) is 18.7. The lowest BCUT2D eigenvalue weighted by atomic mass is 10.0. The molecule has 1 fully saturated rings. The monoisotopic (exact) mass is 533 g/mol. The number of hydrogen-bond donors (Lipinski definition) is 2. The molecule has 5 aromatic rings. The number of aromatic amines is 1. The molecule has 0 saturated carbocycles. The fraction of sp³-hybridized carbons (Fsp3) is 0.250. The molecule has 0 aliphatic carbocycles. The van der Waals surface area contributed by atoms with Crippen molar-refractivity contribution in [2.45, 2.75) is 12.7 Å². The molecule has 6 rings (SSSR count). The number of pyridine rings is 1. The number of H-pyrrole nitrogens is 1. The first-order valence-electron chi connectivity index (χ1n) is 12.6. The summed E-state index contributed by atoms with van der Waals surface area (Å²) in [6, 6.07) is 14.3. The van der Waals surface area contributed by atoms with Crippen LogP contribution in [-0.4, -0.2) is 68.3 Å². The maximum Gasteiger partial charge on any atom is 0.416 e. The fourth-order valence-corrected chi connectivity index (χ4v) is 4.84. The normalized spacial score (nSPS) is 15.3. The maximum absolute atomic E-state index is 13.1. The van der Waals surface area contributed by atoms with E-state index in [-0.39, 0.29) is 11.6 Å². The molecule has 200 valence electrons. The topological polar surface area (TPSA) is 81.6 Å². The predicted molar refractivity (Wildman–Crippen MR) is 142 cm³/mol. The van der Waals surface area contributed by atoms with Crippen LogP contribution in [0, 0.1) is 0 Å². The van der Waals surface area contributed by atoms with Gasteiger partial charge < -0.3 is 14.3 Å². The van der Waals surface area contributed by atoms with E-state index in [1.807, 2.05) is 22.7 Å². The number of likely N-dealkylation sites (N-methyl/N-ethyl adjacent to an activating group) is 1. The summed E-state index contributed by atoms with van der Waals surface area (Å²) in [7, 11) is 2.12. The summed E-state index contributed by atoms with van der Waals surface area (Å²) in [4.78, 5) is 29.8. The number of piperazine rings is 1. The van der Waals surface area contributed by atoms with Crippen LogP contribution < -0.4 is 5.32 Å². The number of nitrogens with zero attached hydrogens (tertiary/aromatic N) is 5. The quantitative estimate of drug-likeness (QED) is 0.336. The van der Waals surface area contributed by atoms with Crippen molar-refractivity contribution in [3.63, 3.8) is 0 Å². The van der Waals surface area contributed by atoms with E-state index in [0.29, 0.717) is 22.2 Å². The molecule has 0 radical (unpaired) electrons. The third kappa shape index (κ3) is 5.23. The molecule has 39 heavy (non-hydrogen) atoms. The number of hydrogen-bond acceptors (Lipinski definition) is 5. The minimum atomic E-state index is -4.42. The molecule has 8 nitrogen and oxygen atoms in total. The number of benzene rings is 2. The Labute approximate surface area is 222 Å². The van der Waals surface area contributed by atoms with Crippen LogP contribution in [0.5, 0.6) is 0 Å². The van der Waals surface area contributed by atoms with Gasteiger partial charge in [0.05, 0.1) is 16.6 Å². The van der Waals surface area contributed by atoms with Crippen molar-refractivity contribution in [1.29, 1.82) is 0 Å². The van der Waals surface area contributed by atoms with Crippen LogP contribution in [0.3, 0.4) is 0 Å². The molecule has 0 bridgehead atoms. The average molecular weight is 534 g/mol. The smallest absolute Gasteiger partial charge is 0.324 e. The lowest BCUT2D eigenvalue weighted by Gasteiger charge is -2.32. The van der Waals surface area contributed by atoms with Crippen molar-refractivity contribution in [2.24, 2.45) is 0 Å². The van der Waals surface area contributed by atoms with Gasteiger partial charge in [0.15, 0.2) is 0 Å². The Morgan fingerprint density at radius 3 is 2.59 bits per heavy atom. The van der Waals surface area contributed by atoms with Crippen molar-refractivity contribution in [1.82, 2.24) is 29.2 Å². The predicted octanol–water partition coefficient (Wildman–Crippen LogP) is 4.90. The summed E-state index contributed by atoms with van der Waals surface area (Å²) >= 11 is 0. The molecule has 1 aliphatic rings. The Morgan fingerprint density at radius 1 is 1.00 bits per heavy atom. The van der Waals surface area contributed by atoms with Crippen LogP contribution in [0.15, 0.2) is 67.0 Å². The van der Waals surface area contributed by atoms with Gasteiger partial charge in [0.1, 0.15) is 11.3 Å². The van der Waals surface area contributed by atoms with Crippen molar-refractivity contribution in [2.75, 3.05) is 38.5 Å². The average Bonchev–Trinajstić information content (AvgIpc) is 3.53. The van der Waals surface area contributed by atoms with Crippen LogP contribution in [0.1, 0.15) is 21.6 Å². The van der Waals surface area contributed by atoms with Gasteiger partial charge >= 0.3 is 6.18 Å². The molecule has 0 unspecified atom stereocenters. The van der Waals surface area contributed by atoms with E-state index in [4.69, 9.17) is 0 Å². The zero-order valence-electron chi connectivity index (χ0n) is 21.2. The van der Waals surface area contributed by atoms with Gasteiger partial charge in [0.25, 0.3) is 5.91 Å². The minimum Gasteiger partial charge on any atom is -0.324 e. The fourth-order valence-electron chi connectivity index (χ4n) is 4.84. The number of aromatic nitrogens is 4. The van der Waals surface area contributed by atoms with Gasteiger partial charge in [-0.05, 0) is 48.5 Å². The van der Waals surface area contributed by atoms with Crippen LogP contribution in [-0.2, 0) is 12.7 Å². The molecule has 1 aliphatic heterocycles. The summed E-state index contributed by atoms with van der Waals surface area (Å²) in [5.41, 5.74) is 3.50. The SMILES string of the molecule is CN1CCN(Cc2cccn3cc(C(=O)Nc4nc5cc(-c6cccc(C(F)(F)F)c6)ccc5[nH]4)nc23)CC1. The van der Waals surface area contributed by atoms with Crippen LogP contribution in [0.2, 0.25) is 0 Å². The summed E-state index contributed by atoms with van der Waals surface area (Å²) in [5, 5.41) is 2.76. The number of imidazole rings is 2. The molecular weight excluding hydrogens is 507 g/mol. The summed E-state index contributed by atoms with van der Waals surface area (Å²) in [6.07, 6.45) is -0.872. The highest BCUT2D eigenvalue weighted by Gasteiger charge is 2.30. The van der Waals surface area contributed by atoms with Gasteiger partial charge in [-0.1, -0.05) is 24.3 Å². The van der Waals surface area contributed by atoms with E-state index < -0.39 is 17.6 Å². The number of rotatable bonds is 5. The number of halogens is 3. The van der Waals surface area contributed by atoms with Gasteiger partial charge in [-0.15, -0.1) is 0 Å². The molecule has 3 aromatic heterocycles. The summed E-state index contributed by atoms with van der Waals surface area (Å²) < 4.78 is 41.3. The van der Waals surface area contributed by atoms with E-state index in [1.165, 1.54) is 6.07 Å². The van der Waals surface area contributed by atoms with Gasteiger partial charge in [0, 0.05) is 50.7 Å². The summed E-state index contributed by atoms with van der Waals surface area (Å²) in [5.74, 6) is -0.188. The number of carbonyl (C=O) groups is 1. The molecule has 11 heteroatoms. The van der Waals surface area contributed by atoms with Crippen LogP contribution in [0.25, 0.3) is 27.8 Å². The molecule has 1 saturated heterocycles. The standard InChI is InChI=1S/C28H26F3N7O/c1-36-10-12-37(13-11-36)16-20-5-3-9-38-17-24(32-25(20)38)26(39)35-27-33-22-8-7-19(15-23(22)34-27)18-4-2-6-21(14-18)28(29,30)31/h2-9,14-15,17H,10-13,16H2,1H3,(H2,33,34,35,39). The highest BCUT2D eigenvalue weighted by atomic mass is 19.4. The van der Waals surface area contributed by atoms with Crippen molar-refractivity contribution in [3.8, 4) is 11.1 Å². The van der Waals surface area contributed by atoms with Crippen molar-refractivity contribution < 1.29 is 18.0 Å². The molecule has 2 aromatic carbocycles. The number of carbonyl (C=O) groups excluding carboxylic acids is 1. The number of alkyl halides is 3. The van der Waals surface area contributed by atoms with Gasteiger partial charge in [-0.2, -0.15) is 13.2 Å². The van der Waals surface area contributed by atoms with Gasteiger partial charge in [-0.3, -0.25) is 15.0 Å². The van der Waals surface area contributed by atoms with Crippen LogP contribution in [0.4, 0.5) is 19.1 Å². The zero-order valence-corrected chi connectivity index (χ0v) is 21.2. The molecule has 1 amide bonds. The lowest BCUT2D eigenvalue weighted by Crippen LogP contribution is -2.43. The first kappa shape index (κ1) is 25.1. The second-order valence-electron chi connectivity index (χ2n) is 9.82. The van der Waals surface area contributed by atoms with E-state index >= 15 is 0 Å². The van der Waals surface area contributed by atoms with E-state index in [0.717, 1.165) is 56.1 Å². The highest BCUT2D eigenvalue weighted by molar-refractivity contribution is 6.03. The molecule has 0 spiro atoms. The Hall–Kier alpha value is -4.22. The van der Waals surface area contributed by atoms with Crippen LogP contribution >= 0.6 is 0 Å². The van der Waals surface area contributed by atoms with E-state index in [1.54, 1.807) is 30.5 Å². The van der Waals surface area contributed by atoms with Crippen molar-refractivity contribution >= 4 is 28.5 Å². The Morgan fingerprint density at radius 2 is 1.79 bits per heavy atom. The minimum absolute atomic E-state index is 0.228. The number of amides is 1. The summed E-state index contributed by atoms with van der Waals surface area (Å²) in [6.45, 7) is 4.75. The van der Waals surface area contributed by atoms with E-state index in [9.17, 15) is 18.0 Å². The first-order valence-corrected chi connectivity index (χ1v) is 12.6. The van der Waals surface area contributed by atoms with Crippen molar-refractivity contribution in [3.05, 3.63) is 83.8 Å². The highest BCUT2D eigenvalue weighted by Crippen LogP contribution is 2.33. The third-order valence-corrected chi connectivity index (χ3v) is 7.02. The molecular formula is C28H26F3N7O. The molecule has 4 heterocycles. The molecule has 2 N–H and O–H groups in total. The number of fused-ring (bicyclic) bond motifs is 2. The Bertz CT molecular complexity index is 1670. The zero-order chi connectivity index (χ0) is 27.1. The Balaban J connectivity index is 1.21. The number of anilines is 1. The number of nitrogens with one attached hydrogen (secondary N) is 2. The second kappa shape index (κ2) is 9.83. The van der Waals surface area contributed by atoms with E-state index in [2.05, 4.69) is 37.1 Å². The van der Waals surface area contributed by atoms with Gasteiger partial charge in [-0.25, -0.2) is 9.97 Å². The maximum atomic E-state index is 13.1. The second-order valence-corrected chi connectivity index (χ2v) is 9.82.